The maximum absolute atomic E-state index is 11.3. The van der Waals surface area contributed by atoms with E-state index in [2.05, 4.69) is 0 Å². The van der Waals surface area contributed by atoms with Crippen molar-refractivity contribution in [2.45, 2.75) is 19.8 Å². The lowest BCUT2D eigenvalue weighted by Gasteiger charge is -2.20. The van der Waals surface area contributed by atoms with E-state index in [-0.39, 0.29) is 5.92 Å². The highest BCUT2D eigenvalue weighted by molar-refractivity contribution is 5.77. The average molecular weight is 238 g/mol. The van der Waals surface area contributed by atoms with Crippen LogP contribution in [0.25, 0.3) is 0 Å². The van der Waals surface area contributed by atoms with Crippen LogP contribution >= 0.6 is 0 Å². The molecule has 1 aromatic rings. The van der Waals surface area contributed by atoms with Crippen molar-refractivity contribution in [3.8, 4) is 11.5 Å². The number of carboxylic acids is 1. The second kappa shape index (κ2) is 5.57. The summed E-state index contributed by atoms with van der Waals surface area (Å²) in [6.45, 7) is 3.75. The number of rotatable bonds is 5. The summed E-state index contributed by atoms with van der Waals surface area (Å²) in [6, 6.07) is 5.20. The number of benzene rings is 1. The Kier molecular flexibility index (Phi) is 4.37. The molecule has 1 unspecified atom stereocenters. The number of hydrogen-bond acceptors (Lipinski definition) is 3. The van der Waals surface area contributed by atoms with Gasteiger partial charge in [-0.05, 0) is 24.1 Å². The van der Waals surface area contributed by atoms with E-state index in [4.69, 9.17) is 9.47 Å². The minimum Gasteiger partial charge on any atom is -0.497 e. The van der Waals surface area contributed by atoms with E-state index >= 15 is 0 Å². The van der Waals surface area contributed by atoms with Crippen molar-refractivity contribution in [3.05, 3.63) is 23.8 Å². The molecule has 0 aliphatic heterocycles. The topological polar surface area (TPSA) is 55.8 Å². The van der Waals surface area contributed by atoms with E-state index in [1.165, 1.54) is 7.11 Å². The van der Waals surface area contributed by atoms with Crippen LogP contribution in [0.2, 0.25) is 0 Å². The summed E-state index contributed by atoms with van der Waals surface area (Å²) in [5.41, 5.74) is 0.648. The highest BCUT2D eigenvalue weighted by atomic mass is 16.5. The van der Waals surface area contributed by atoms with Gasteiger partial charge in [0.1, 0.15) is 11.5 Å². The van der Waals surface area contributed by atoms with Crippen molar-refractivity contribution in [3.63, 3.8) is 0 Å². The lowest BCUT2D eigenvalue weighted by atomic mass is 9.88. The minimum absolute atomic E-state index is 0.0199. The fraction of sp³-hybridized carbons (Fsp3) is 0.462. The van der Waals surface area contributed by atoms with Crippen molar-refractivity contribution >= 4 is 5.97 Å². The van der Waals surface area contributed by atoms with E-state index < -0.39 is 11.9 Å². The molecule has 1 N–H and O–H groups in total. The van der Waals surface area contributed by atoms with Gasteiger partial charge in [-0.1, -0.05) is 13.8 Å². The van der Waals surface area contributed by atoms with Crippen LogP contribution in [0, 0.1) is 5.92 Å². The van der Waals surface area contributed by atoms with Crippen LogP contribution in [-0.2, 0) is 4.79 Å². The van der Waals surface area contributed by atoms with Gasteiger partial charge in [-0.2, -0.15) is 0 Å². The van der Waals surface area contributed by atoms with Crippen LogP contribution in [-0.4, -0.2) is 25.3 Å². The number of carbonyl (C=O) groups is 1. The Morgan fingerprint density at radius 2 is 1.88 bits per heavy atom. The summed E-state index contributed by atoms with van der Waals surface area (Å²) in [7, 11) is 3.08. The van der Waals surface area contributed by atoms with Crippen LogP contribution in [0.1, 0.15) is 25.3 Å². The smallest absolute Gasteiger partial charge is 0.311 e. The summed E-state index contributed by atoms with van der Waals surface area (Å²) in [4.78, 5) is 11.3. The molecule has 0 fully saturated rings. The molecule has 0 spiro atoms. The number of hydrogen-bond donors (Lipinski definition) is 1. The van der Waals surface area contributed by atoms with Gasteiger partial charge in [0.25, 0.3) is 0 Å². The Morgan fingerprint density at radius 3 is 2.29 bits per heavy atom. The van der Waals surface area contributed by atoms with Crippen molar-refractivity contribution in [2.75, 3.05) is 14.2 Å². The highest BCUT2D eigenvalue weighted by Crippen LogP contribution is 2.34. The maximum atomic E-state index is 11.3. The standard InChI is InChI=1S/C13H18O4/c1-8(2)12(13(14)15)10-7-9(16-3)5-6-11(10)17-4/h5-8,12H,1-4H3,(H,14,15). The molecule has 0 aliphatic carbocycles. The first-order valence-corrected chi connectivity index (χ1v) is 5.46. The van der Waals surface area contributed by atoms with Gasteiger partial charge in [-0.15, -0.1) is 0 Å². The number of aliphatic carboxylic acids is 1. The lowest BCUT2D eigenvalue weighted by Crippen LogP contribution is -2.18. The fourth-order valence-corrected chi connectivity index (χ4v) is 1.86. The monoisotopic (exact) mass is 238 g/mol. The van der Waals surface area contributed by atoms with Gasteiger partial charge >= 0.3 is 5.97 Å². The zero-order valence-electron chi connectivity index (χ0n) is 10.6. The predicted molar refractivity (Wildman–Crippen MR) is 64.8 cm³/mol. The van der Waals surface area contributed by atoms with Gasteiger partial charge in [0.2, 0.25) is 0 Å². The van der Waals surface area contributed by atoms with Crippen molar-refractivity contribution in [1.29, 1.82) is 0 Å². The third-order valence-electron chi connectivity index (χ3n) is 2.70. The summed E-state index contributed by atoms with van der Waals surface area (Å²) in [5, 5.41) is 9.28. The number of ether oxygens (including phenoxy) is 2. The Balaban J connectivity index is 3.28. The molecule has 0 radical (unpaired) electrons. The van der Waals surface area contributed by atoms with Gasteiger partial charge in [-0.3, -0.25) is 4.79 Å². The second-order valence-corrected chi connectivity index (χ2v) is 4.17. The van der Waals surface area contributed by atoms with Gasteiger partial charge in [0.05, 0.1) is 20.1 Å². The second-order valence-electron chi connectivity index (χ2n) is 4.17. The molecular weight excluding hydrogens is 220 g/mol. The van der Waals surface area contributed by atoms with Gasteiger partial charge in [0.15, 0.2) is 0 Å². The Morgan fingerprint density at radius 1 is 1.24 bits per heavy atom. The van der Waals surface area contributed by atoms with Gasteiger partial charge in [0, 0.05) is 5.56 Å². The molecule has 94 valence electrons. The van der Waals surface area contributed by atoms with E-state index in [1.54, 1.807) is 25.3 Å². The molecule has 0 aromatic heterocycles. The molecule has 4 nitrogen and oxygen atoms in total. The normalized spacial score (nSPS) is 12.3. The first-order valence-electron chi connectivity index (χ1n) is 5.46. The quantitative estimate of drug-likeness (QED) is 0.856. The van der Waals surface area contributed by atoms with E-state index in [1.807, 2.05) is 13.8 Å². The number of carboxylic acid groups (broad SMARTS) is 1. The first-order chi connectivity index (χ1) is 8.01. The zero-order valence-corrected chi connectivity index (χ0v) is 10.6. The minimum atomic E-state index is -0.855. The molecule has 1 atom stereocenters. The molecule has 0 aliphatic rings. The molecule has 0 amide bonds. The van der Waals surface area contributed by atoms with Crippen molar-refractivity contribution in [1.82, 2.24) is 0 Å². The molecule has 17 heavy (non-hydrogen) atoms. The molecule has 0 saturated carbocycles. The first kappa shape index (κ1) is 13.4. The fourth-order valence-electron chi connectivity index (χ4n) is 1.86. The summed E-state index contributed by atoms with van der Waals surface area (Å²) < 4.78 is 10.3. The highest BCUT2D eigenvalue weighted by Gasteiger charge is 2.27. The number of methoxy groups -OCH3 is 2. The Labute approximate surface area is 101 Å². The van der Waals surface area contributed by atoms with E-state index in [9.17, 15) is 9.90 Å². The van der Waals surface area contributed by atoms with Crippen LogP contribution in [0.5, 0.6) is 11.5 Å². The summed E-state index contributed by atoms with van der Waals surface area (Å²) in [5.74, 6) is -0.264. The third kappa shape index (κ3) is 2.90. The maximum Gasteiger partial charge on any atom is 0.311 e. The zero-order chi connectivity index (χ0) is 13.0. The van der Waals surface area contributed by atoms with Gasteiger partial charge in [-0.25, -0.2) is 0 Å². The lowest BCUT2D eigenvalue weighted by molar-refractivity contribution is -0.139. The third-order valence-corrected chi connectivity index (χ3v) is 2.70. The van der Waals surface area contributed by atoms with Crippen LogP contribution < -0.4 is 9.47 Å². The van der Waals surface area contributed by atoms with E-state index in [0.717, 1.165) is 0 Å². The van der Waals surface area contributed by atoms with Crippen LogP contribution in [0.15, 0.2) is 18.2 Å². The molecule has 0 heterocycles. The summed E-state index contributed by atoms with van der Waals surface area (Å²) in [6.07, 6.45) is 0. The molecule has 4 heteroatoms. The van der Waals surface area contributed by atoms with Crippen LogP contribution in [0.4, 0.5) is 0 Å². The van der Waals surface area contributed by atoms with Gasteiger partial charge < -0.3 is 14.6 Å². The van der Waals surface area contributed by atoms with Crippen LogP contribution in [0.3, 0.4) is 0 Å². The molecule has 0 bridgehead atoms. The molecule has 1 rings (SSSR count). The molecular formula is C13H18O4. The SMILES string of the molecule is COc1ccc(OC)c(C(C(=O)O)C(C)C)c1. The Bertz CT molecular complexity index is 398. The van der Waals surface area contributed by atoms with Crippen molar-refractivity contribution < 1.29 is 19.4 Å². The predicted octanol–water partition coefficient (Wildman–Crippen LogP) is 2.53. The average Bonchev–Trinajstić information content (AvgIpc) is 2.28. The Hall–Kier alpha value is -1.71. The largest absolute Gasteiger partial charge is 0.497 e. The molecule has 0 saturated heterocycles. The van der Waals surface area contributed by atoms with Crippen molar-refractivity contribution in [2.24, 2.45) is 5.92 Å². The molecule has 1 aromatic carbocycles. The van der Waals surface area contributed by atoms with E-state index in [0.29, 0.717) is 17.1 Å². The summed E-state index contributed by atoms with van der Waals surface area (Å²) >= 11 is 0.